The molecule has 0 saturated carbocycles. The summed E-state index contributed by atoms with van der Waals surface area (Å²) in [5, 5.41) is 1.01. The summed E-state index contributed by atoms with van der Waals surface area (Å²) < 4.78 is 5.44. The molecule has 0 bridgehead atoms. The van der Waals surface area contributed by atoms with Crippen LogP contribution in [0.15, 0.2) is 24.4 Å². The van der Waals surface area contributed by atoms with E-state index in [9.17, 15) is 4.79 Å². The van der Waals surface area contributed by atoms with Crippen LogP contribution in [0.2, 0.25) is 0 Å². The topological polar surface area (TPSA) is 42.1 Å². The lowest BCUT2D eigenvalue weighted by molar-refractivity contribution is 0.112. The van der Waals surface area contributed by atoms with Gasteiger partial charge in [0.2, 0.25) is 0 Å². The Labute approximate surface area is 81.7 Å². The summed E-state index contributed by atoms with van der Waals surface area (Å²) in [6.07, 6.45) is 2.66. The molecule has 0 aliphatic carbocycles. The second-order valence-corrected chi connectivity index (χ2v) is 3.01. The van der Waals surface area contributed by atoms with Crippen molar-refractivity contribution in [2.75, 3.05) is 6.61 Å². The van der Waals surface area contributed by atoms with Crippen molar-refractivity contribution in [3.05, 3.63) is 30.0 Å². The van der Waals surface area contributed by atoms with Gasteiger partial charge < -0.3 is 9.72 Å². The third-order valence-corrected chi connectivity index (χ3v) is 2.09. The third-order valence-electron chi connectivity index (χ3n) is 2.09. The number of H-pyrrole nitrogens is 1. The molecule has 2 rings (SSSR count). The van der Waals surface area contributed by atoms with Gasteiger partial charge in [-0.25, -0.2) is 0 Å². The molecule has 0 aliphatic heterocycles. The van der Waals surface area contributed by atoms with Crippen LogP contribution < -0.4 is 4.74 Å². The Hall–Kier alpha value is -1.77. The molecule has 0 amide bonds. The minimum Gasteiger partial charge on any atom is -0.493 e. The highest BCUT2D eigenvalue weighted by molar-refractivity contribution is 5.91. The number of carbonyl (C=O) groups is 1. The van der Waals surface area contributed by atoms with Crippen LogP contribution in [0, 0.1) is 0 Å². The Morgan fingerprint density at radius 1 is 1.50 bits per heavy atom. The number of ether oxygens (including phenoxy) is 1. The number of rotatable bonds is 3. The Morgan fingerprint density at radius 2 is 2.36 bits per heavy atom. The predicted molar refractivity (Wildman–Crippen MR) is 54.9 cm³/mol. The van der Waals surface area contributed by atoms with E-state index in [-0.39, 0.29) is 0 Å². The first-order chi connectivity index (χ1) is 6.85. The lowest BCUT2D eigenvalue weighted by Gasteiger charge is -2.05. The van der Waals surface area contributed by atoms with E-state index in [1.807, 2.05) is 25.3 Å². The highest BCUT2D eigenvalue weighted by Crippen LogP contribution is 2.26. The van der Waals surface area contributed by atoms with Crippen molar-refractivity contribution in [3.63, 3.8) is 0 Å². The fourth-order valence-corrected chi connectivity index (χ4v) is 1.50. The van der Waals surface area contributed by atoms with Crippen LogP contribution in [0.25, 0.3) is 10.9 Å². The maximum Gasteiger partial charge on any atom is 0.150 e. The first-order valence-corrected chi connectivity index (χ1v) is 4.54. The van der Waals surface area contributed by atoms with Crippen molar-refractivity contribution >= 4 is 17.2 Å². The van der Waals surface area contributed by atoms with Crippen molar-refractivity contribution in [2.24, 2.45) is 0 Å². The maximum absolute atomic E-state index is 10.7. The number of aldehydes is 1. The number of hydrogen-bond donors (Lipinski definition) is 1. The number of nitrogens with one attached hydrogen (secondary N) is 1. The molecular formula is C11H11NO2. The summed E-state index contributed by atoms with van der Waals surface area (Å²) in [5.74, 6) is 0.758. The van der Waals surface area contributed by atoms with Crippen LogP contribution >= 0.6 is 0 Å². The van der Waals surface area contributed by atoms with Crippen LogP contribution in [0.3, 0.4) is 0 Å². The minimum atomic E-state index is 0.600. The van der Waals surface area contributed by atoms with Gasteiger partial charge in [-0.15, -0.1) is 0 Å². The first kappa shape index (κ1) is 8.81. The van der Waals surface area contributed by atoms with Crippen LogP contribution in [0.1, 0.15) is 17.3 Å². The molecule has 0 unspecified atom stereocenters. The van der Waals surface area contributed by atoms with Crippen molar-refractivity contribution in [1.29, 1.82) is 0 Å². The molecule has 1 aromatic carbocycles. The number of hydrogen-bond acceptors (Lipinski definition) is 2. The highest BCUT2D eigenvalue weighted by Gasteiger charge is 2.04. The van der Waals surface area contributed by atoms with Gasteiger partial charge >= 0.3 is 0 Å². The van der Waals surface area contributed by atoms with Crippen molar-refractivity contribution in [1.82, 2.24) is 4.98 Å². The highest BCUT2D eigenvalue weighted by atomic mass is 16.5. The van der Waals surface area contributed by atoms with E-state index >= 15 is 0 Å². The van der Waals surface area contributed by atoms with Crippen molar-refractivity contribution in [3.8, 4) is 5.75 Å². The monoisotopic (exact) mass is 189 g/mol. The zero-order chi connectivity index (χ0) is 9.97. The zero-order valence-electron chi connectivity index (χ0n) is 7.91. The zero-order valence-corrected chi connectivity index (χ0v) is 7.91. The van der Waals surface area contributed by atoms with E-state index < -0.39 is 0 Å². The summed E-state index contributed by atoms with van der Waals surface area (Å²) in [7, 11) is 0. The Bertz CT molecular complexity index is 459. The average molecular weight is 189 g/mol. The summed E-state index contributed by atoms with van der Waals surface area (Å²) in [6, 6.07) is 5.51. The SMILES string of the molecule is CCOc1cc(C=O)cc2[nH]ccc12. The standard InChI is InChI=1S/C11H11NO2/c1-2-14-11-6-8(7-13)5-10-9(11)3-4-12-10/h3-7,12H,2H2,1H3. The lowest BCUT2D eigenvalue weighted by atomic mass is 10.1. The number of aromatic nitrogens is 1. The fourth-order valence-electron chi connectivity index (χ4n) is 1.50. The van der Waals surface area contributed by atoms with Crippen molar-refractivity contribution in [2.45, 2.75) is 6.92 Å². The largest absolute Gasteiger partial charge is 0.493 e. The van der Waals surface area contributed by atoms with E-state index in [0.717, 1.165) is 22.9 Å². The van der Waals surface area contributed by atoms with Gasteiger partial charge in [-0.1, -0.05) is 0 Å². The quantitative estimate of drug-likeness (QED) is 0.753. The number of aromatic amines is 1. The van der Waals surface area contributed by atoms with Gasteiger partial charge in [0.15, 0.2) is 0 Å². The molecule has 1 heterocycles. The summed E-state index contributed by atoms with van der Waals surface area (Å²) in [4.78, 5) is 13.7. The molecule has 0 saturated heterocycles. The first-order valence-electron chi connectivity index (χ1n) is 4.54. The van der Waals surface area contributed by atoms with Gasteiger partial charge in [0, 0.05) is 22.7 Å². The van der Waals surface area contributed by atoms with E-state index in [0.29, 0.717) is 12.2 Å². The molecule has 3 heteroatoms. The molecule has 1 N–H and O–H groups in total. The van der Waals surface area contributed by atoms with Gasteiger partial charge in [-0.3, -0.25) is 4.79 Å². The summed E-state index contributed by atoms with van der Waals surface area (Å²) in [6.45, 7) is 2.52. The van der Waals surface area contributed by atoms with E-state index in [4.69, 9.17) is 4.74 Å². The van der Waals surface area contributed by atoms with E-state index in [1.165, 1.54) is 0 Å². The Kier molecular flexibility index (Phi) is 2.23. The lowest BCUT2D eigenvalue weighted by Crippen LogP contribution is -1.93. The van der Waals surface area contributed by atoms with Gasteiger partial charge in [0.25, 0.3) is 0 Å². The smallest absolute Gasteiger partial charge is 0.150 e. The van der Waals surface area contributed by atoms with Gasteiger partial charge in [0.05, 0.1) is 6.61 Å². The number of benzene rings is 1. The van der Waals surface area contributed by atoms with Crippen LogP contribution in [-0.2, 0) is 0 Å². The van der Waals surface area contributed by atoms with Crippen molar-refractivity contribution < 1.29 is 9.53 Å². The third kappa shape index (κ3) is 1.37. The van der Waals surface area contributed by atoms with Crippen LogP contribution in [0.5, 0.6) is 5.75 Å². The van der Waals surface area contributed by atoms with Gasteiger partial charge in [-0.05, 0) is 25.1 Å². The van der Waals surface area contributed by atoms with E-state index in [2.05, 4.69) is 4.98 Å². The molecule has 0 fully saturated rings. The average Bonchev–Trinajstić information content (AvgIpc) is 2.66. The molecule has 0 radical (unpaired) electrons. The van der Waals surface area contributed by atoms with Gasteiger partial charge in [-0.2, -0.15) is 0 Å². The normalized spacial score (nSPS) is 10.4. The number of carbonyl (C=O) groups excluding carboxylic acids is 1. The molecule has 2 aromatic rings. The Balaban J connectivity index is 2.63. The Morgan fingerprint density at radius 3 is 3.07 bits per heavy atom. The molecule has 72 valence electrons. The summed E-state index contributed by atoms with van der Waals surface area (Å²) in [5.41, 5.74) is 1.56. The summed E-state index contributed by atoms with van der Waals surface area (Å²) >= 11 is 0. The predicted octanol–water partition coefficient (Wildman–Crippen LogP) is 2.38. The molecule has 14 heavy (non-hydrogen) atoms. The second kappa shape index (κ2) is 3.54. The van der Waals surface area contributed by atoms with Crippen LogP contribution in [-0.4, -0.2) is 17.9 Å². The van der Waals surface area contributed by atoms with E-state index in [1.54, 1.807) is 6.07 Å². The van der Waals surface area contributed by atoms with Crippen LogP contribution in [0.4, 0.5) is 0 Å². The molecule has 1 aromatic heterocycles. The second-order valence-electron chi connectivity index (χ2n) is 3.01. The fraction of sp³-hybridized carbons (Fsp3) is 0.182. The molecule has 0 atom stereocenters. The molecule has 0 aliphatic rings. The molecule has 3 nitrogen and oxygen atoms in total. The number of fused-ring (bicyclic) bond motifs is 1. The molecule has 0 spiro atoms. The van der Waals surface area contributed by atoms with Gasteiger partial charge in [0.1, 0.15) is 12.0 Å². The maximum atomic E-state index is 10.7. The minimum absolute atomic E-state index is 0.600. The molecular weight excluding hydrogens is 178 g/mol.